The average molecular weight is 553 g/mol. The van der Waals surface area contributed by atoms with Gasteiger partial charge in [-0.3, -0.25) is 9.36 Å². The first-order valence-electron chi connectivity index (χ1n) is 13.6. The number of carbonyl (C=O) groups is 1. The lowest BCUT2D eigenvalue weighted by Gasteiger charge is -2.21. The van der Waals surface area contributed by atoms with Gasteiger partial charge in [-0.25, -0.2) is 14.5 Å². The van der Waals surface area contributed by atoms with E-state index in [0.717, 1.165) is 53.4 Å². The van der Waals surface area contributed by atoms with Crippen molar-refractivity contribution in [2.45, 2.75) is 71.0 Å². The Hall–Kier alpha value is -4.02. The van der Waals surface area contributed by atoms with Gasteiger partial charge in [-0.15, -0.1) is 5.10 Å². The number of tetrazole rings is 1. The highest BCUT2D eigenvalue weighted by atomic mass is 19.4. The number of aromatic nitrogens is 6. The first-order chi connectivity index (χ1) is 19.3. The third-order valence-electron chi connectivity index (χ3n) is 7.57. The largest absolute Gasteiger partial charge is 0.433 e. The molecule has 2 aromatic carbocycles. The number of rotatable bonds is 8. The highest BCUT2D eigenvalue weighted by Gasteiger charge is 2.42. The summed E-state index contributed by atoms with van der Waals surface area (Å²) in [5.74, 6) is -0.251. The van der Waals surface area contributed by atoms with Gasteiger partial charge in [-0.2, -0.15) is 13.2 Å². The van der Waals surface area contributed by atoms with E-state index in [0.29, 0.717) is 22.4 Å². The van der Waals surface area contributed by atoms with Gasteiger partial charge in [0.1, 0.15) is 0 Å². The monoisotopic (exact) mass is 552 g/mol. The molecular formula is C29H31F3N6O2. The van der Waals surface area contributed by atoms with E-state index in [2.05, 4.69) is 20.6 Å². The number of hydrogen-bond acceptors (Lipinski definition) is 5. The number of nitrogens with zero attached hydrogens (tertiary/aromatic N) is 5. The predicted octanol–water partition coefficient (Wildman–Crippen LogP) is 6.13. The molecule has 0 bridgehead atoms. The summed E-state index contributed by atoms with van der Waals surface area (Å²) in [6, 6.07) is 14.8. The average Bonchev–Trinajstić information content (AvgIpc) is 3.57. The zero-order valence-corrected chi connectivity index (χ0v) is 22.2. The number of hydrogen-bond donors (Lipinski definition) is 1. The second-order valence-corrected chi connectivity index (χ2v) is 10.3. The fourth-order valence-electron chi connectivity index (χ4n) is 5.68. The van der Waals surface area contributed by atoms with Crippen molar-refractivity contribution in [3.63, 3.8) is 0 Å². The number of alkyl halides is 3. The van der Waals surface area contributed by atoms with Crippen molar-refractivity contribution in [1.29, 1.82) is 0 Å². The molecule has 0 radical (unpaired) electrons. The van der Waals surface area contributed by atoms with Crippen LogP contribution in [0.25, 0.3) is 22.5 Å². The van der Waals surface area contributed by atoms with E-state index in [1.54, 1.807) is 19.1 Å². The molecule has 0 saturated heterocycles. The van der Waals surface area contributed by atoms with Crippen LogP contribution in [0.15, 0.2) is 53.3 Å². The quantitative estimate of drug-likeness (QED) is 0.284. The van der Waals surface area contributed by atoms with Crippen LogP contribution in [0.2, 0.25) is 0 Å². The molecule has 11 heteroatoms. The summed E-state index contributed by atoms with van der Waals surface area (Å²) in [5.41, 5.74) is 0.959. The van der Waals surface area contributed by atoms with Gasteiger partial charge in [0.15, 0.2) is 11.5 Å². The Morgan fingerprint density at radius 1 is 1.02 bits per heavy atom. The molecular weight excluding hydrogens is 521 g/mol. The molecule has 1 saturated carbocycles. The van der Waals surface area contributed by atoms with Gasteiger partial charge in [-0.1, -0.05) is 81.1 Å². The summed E-state index contributed by atoms with van der Waals surface area (Å²) in [7, 11) is 0. The number of halogens is 3. The predicted molar refractivity (Wildman–Crippen MR) is 144 cm³/mol. The van der Waals surface area contributed by atoms with Gasteiger partial charge in [0, 0.05) is 12.0 Å². The maximum Gasteiger partial charge on any atom is 0.433 e. The highest BCUT2D eigenvalue weighted by Crippen LogP contribution is 2.34. The van der Waals surface area contributed by atoms with Crippen molar-refractivity contribution in [3.05, 3.63) is 76.0 Å². The van der Waals surface area contributed by atoms with Crippen molar-refractivity contribution in [3.8, 4) is 22.5 Å². The lowest BCUT2D eigenvalue weighted by Crippen LogP contribution is -2.33. The Labute approximate surface area is 229 Å². The summed E-state index contributed by atoms with van der Waals surface area (Å²) in [5, 5.41) is 14.0. The normalized spacial score (nSPS) is 14.5. The molecule has 210 valence electrons. The lowest BCUT2D eigenvalue weighted by atomic mass is 9.87. The van der Waals surface area contributed by atoms with Crippen LogP contribution in [0.5, 0.6) is 0 Å². The minimum absolute atomic E-state index is 0.00960. The van der Waals surface area contributed by atoms with E-state index in [-0.39, 0.29) is 31.0 Å². The Kier molecular flexibility index (Phi) is 7.99. The van der Waals surface area contributed by atoms with E-state index in [1.165, 1.54) is 0 Å². The molecule has 8 nitrogen and oxygen atoms in total. The first kappa shape index (κ1) is 27.5. The van der Waals surface area contributed by atoms with E-state index >= 15 is 0 Å². The van der Waals surface area contributed by atoms with Crippen molar-refractivity contribution < 1.29 is 18.0 Å². The second kappa shape index (κ2) is 11.6. The molecule has 1 aliphatic carbocycles. The Balaban J connectivity index is 1.49. The van der Waals surface area contributed by atoms with E-state index < -0.39 is 23.5 Å². The van der Waals surface area contributed by atoms with E-state index in [4.69, 9.17) is 0 Å². The van der Waals surface area contributed by atoms with Crippen LogP contribution < -0.4 is 5.69 Å². The first-order valence-corrected chi connectivity index (χ1v) is 13.6. The number of imidazole rings is 1. The van der Waals surface area contributed by atoms with E-state index in [1.807, 2.05) is 36.4 Å². The number of carbonyl (C=O) groups excluding carboxylic acids is 1. The molecule has 2 aromatic heterocycles. The minimum atomic E-state index is -4.83. The smallest absolute Gasteiger partial charge is 0.291 e. The van der Waals surface area contributed by atoms with Gasteiger partial charge in [-0.05, 0) is 52.3 Å². The summed E-state index contributed by atoms with van der Waals surface area (Å²) in [6.07, 6.45) is 0.123. The van der Waals surface area contributed by atoms with Gasteiger partial charge >= 0.3 is 11.9 Å². The van der Waals surface area contributed by atoms with Crippen molar-refractivity contribution in [2.24, 2.45) is 5.92 Å². The van der Waals surface area contributed by atoms with Crippen LogP contribution in [0, 0.1) is 5.92 Å². The molecule has 2 heterocycles. The summed E-state index contributed by atoms with van der Waals surface area (Å²) in [4.78, 5) is 26.7. The second-order valence-electron chi connectivity index (χ2n) is 10.3. The fraction of sp³-hybridized carbons (Fsp3) is 0.414. The standard InChI is InChI=1S/C29H31F3N6O2/c1-2-8-24-26(29(30,31)32)38(25(39)17-19-9-4-3-5-10-19)28(40)37(24)18-20-13-15-21(16-14-20)22-11-6-7-12-23(22)27-33-35-36-34-27/h6-7,11-16,19H,2-5,8-10,17-18H2,1H3,(H,33,34,35,36). The van der Waals surface area contributed by atoms with Gasteiger partial charge < -0.3 is 0 Å². The minimum Gasteiger partial charge on any atom is -0.291 e. The Morgan fingerprint density at radius 2 is 1.73 bits per heavy atom. The van der Waals surface area contributed by atoms with Crippen LogP contribution in [0.4, 0.5) is 13.2 Å². The molecule has 0 amide bonds. The van der Waals surface area contributed by atoms with Crippen molar-refractivity contribution >= 4 is 5.91 Å². The number of H-pyrrole nitrogens is 1. The van der Waals surface area contributed by atoms with Gasteiger partial charge in [0.25, 0.3) is 0 Å². The van der Waals surface area contributed by atoms with Gasteiger partial charge in [0.05, 0.1) is 12.2 Å². The molecule has 0 aliphatic heterocycles. The lowest BCUT2D eigenvalue weighted by molar-refractivity contribution is -0.143. The molecule has 1 N–H and O–H groups in total. The van der Waals surface area contributed by atoms with Crippen LogP contribution in [-0.2, 0) is 19.1 Å². The number of nitrogens with one attached hydrogen (secondary N) is 1. The van der Waals surface area contributed by atoms with Crippen LogP contribution in [-0.4, -0.2) is 35.7 Å². The molecule has 1 aliphatic rings. The molecule has 0 atom stereocenters. The highest BCUT2D eigenvalue weighted by molar-refractivity contribution is 5.81. The van der Waals surface area contributed by atoms with Crippen LogP contribution >= 0.6 is 0 Å². The van der Waals surface area contributed by atoms with Crippen molar-refractivity contribution in [1.82, 2.24) is 29.8 Å². The molecule has 1 fully saturated rings. The molecule has 0 spiro atoms. The summed E-state index contributed by atoms with van der Waals surface area (Å²) < 4.78 is 44.6. The van der Waals surface area contributed by atoms with Crippen LogP contribution in [0.1, 0.15) is 73.6 Å². The van der Waals surface area contributed by atoms with E-state index in [9.17, 15) is 22.8 Å². The summed E-state index contributed by atoms with van der Waals surface area (Å²) >= 11 is 0. The number of aromatic amines is 1. The van der Waals surface area contributed by atoms with Crippen molar-refractivity contribution in [2.75, 3.05) is 0 Å². The van der Waals surface area contributed by atoms with Gasteiger partial charge in [0.2, 0.25) is 5.91 Å². The Morgan fingerprint density at radius 3 is 2.35 bits per heavy atom. The van der Waals surface area contributed by atoms with Crippen LogP contribution in [0.3, 0.4) is 0 Å². The topological polar surface area (TPSA) is 98.5 Å². The SMILES string of the molecule is CCCc1c(C(F)(F)F)n(C(=O)CC2CCCCC2)c(=O)n1Cc1ccc(-c2ccccc2-c2nnn[nH]2)cc1. The molecule has 40 heavy (non-hydrogen) atoms. The third-order valence-corrected chi connectivity index (χ3v) is 7.57. The zero-order valence-electron chi connectivity index (χ0n) is 22.2. The third kappa shape index (κ3) is 5.64. The fourth-order valence-corrected chi connectivity index (χ4v) is 5.68. The maximum absolute atomic E-state index is 14.4. The molecule has 0 unspecified atom stereocenters. The number of benzene rings is 2. The summed E-state index contributed by atoms with van der Waals surface area (Å²) in [6.45, 7) is 1.68. The maximum atomic E-state index is 14.4. The molecule has 5 rings (SSSR count). The molecule has 4 aromatic rings. The Bertz CT molecular complexity index is 1510. The zero-order chi connectivity index (χ0) is 28.3.